The van der Waals surface area contributed by atoms with Crippen LogP contribution in [0.4, 0.5) is 4.79 Å². The molecule has 10 heavy (non-hydrogen) atoms. The highest BCUT2D eigenvalue weighted by Gasteiger charge is 2.02. The third-order valence-electron chi connectivity index (χ3n) is 0.925. The largest absolute Gasteiger partial charge is 0.412 e. The quantitative estimate of drug-likeness (QED) is 0.454. The first-order chi connectivity index (χ1) is 3.39. The summed E-state index contributed by atoms with van der Waals surface area (Å²) < 4.78 is 0. The monoisotopic (exact) mass is 172 g/mol. The maximum Gasteiger partial charge on any atom is 0.314 e. The Morgan fingerprint density at radius 3 is 1.70 bits per heavy atom. The van der Waals surface area contributed by atoms with Gasteiger partial charge in [0.2, 0.25) is 0 Å². The van der Waals surface area contributed by atoms with E-state index in [-0.39, 0.29) is 29.4 Å². The lowest BCUT2D eigenvalue weighted by Crippen LogP contribution is -2.42. The van der Waals surface area contributed by atoms with Crippen LogP contribution in [-0.4, -0.2) is 30.1 Å². The van der Waals surface area contributed by atoms with Gasteiger partial charge in [-0.15, -0.1) is 12.4 Å². The predicted octanol–water partition coefficient (Wildman–Crippen LogP) is -1.54. The second-order valence-corrected chi connectivity index (χ2v) is 1.54. The van der Waals surface area contributed by atoms with Crippen LogP contribution in [0.3, 0.4) is 0 Å². The van der Waals surface area contributed by atoms with Gasteiger partial charge in [0, 0.05) is 13.1 Å². The molecule has 1 saturated heterocycles. The average Bonchev–Trinajstić information content (AvgIpc) is 1.69. The molecule has 0 aromatic carbocycles. The number of amides is 2. The summed E-state index contributed by atoms with van der Waals surface area (Å²) in [4.78, 5) is 10.2. The lowest BCUT2D eigenvalue weighted by atomic mass is 10.4. The Labute approximate surface area is 65.2 Å². The van der Waals surface area contributed by atoms with Crippen molar-refractivity contribution < 1.29 is 15.7 Å². The van der Waals surface area contributed by atoms with E-state index in [4.69, 9.17) is 0 Å². The third kappa shape index (κ3) is 5.61. The Balaban J connectivity index is -0.000000163. The van der Waals surface area contributed by atoms with E-state index in [0.29, 0.717) is 0 Å². The van der Waals surface area contributed by atoms with Crippen LogP contribution < -0.4 is 10.6 Å². The van der Waals surface area contributed by atoms with Crippen LogP contribution in [0.25, 0.3) is 0 Å². The summed E-state index contributed by atoms with van der Waals surface area (Å²) in [5, 5.41) is 5.26. The molecular weight excluding hydrogens is 160 g/mol. The molecular formula is C4H13ClN2O3. The van der Waals surface area contributed by atoms with Gasteiger partial charge in [-0.2, -0.15) is 0 Å². The van der Waals surface area contributed by atoms with Crippen LogP contribution in [0.2, 0.25) is 0 Å². The van der Waals surface area contributed by atoms with Crippen molar-refractivity contribution in [1.82, 2.24) is 10.6 Å². The zero-order valence-corrected chi connectivity index (χ0v) is 6.25. The molecule has 2 amide bonds. The number of hydrogen-bond donors (Lipinski definition) is 2. The highest BCUT2D eigenvalue weighted by molar-refractivity contribution is 5.85. The summed E-state index contributed by atoms with van der Waals surface area (Å²) in [5.74, 6) is 0. The molecule has 0 aromatic heterocycles. The maximum absolute atomic E-state index is 10.2. The minimum absolute atomic E-state index is 0. The van der Waals surface area contributed by atoms with E-state index in [1.807, 2.05) is 0 Å². The fourth-order valence-corrected chi connectivity index (χ4v) is 0.555. The van der Waals surface area contributed by atoms with E-state index in [2.05, 4.69) is 10.6 Å². The number of carbonyl (C=O) groups excluding carboxylic acids is 1. The molecule has 6 heteroatoms. The standard InChI is InChI=1S/C4H8N2O.ClH.2H2O/c7-4-5-2-1-3-6-4;;;/h1-3H2,(H2,5,6,7);1H;2*1H2. The first-order valence-corrected chi connectivity index (χ1v) is 2.41. The van der Waals surface area contributed by atoms with Crippen molar-refractivity contribution in [2.75, 3.05) is 13.1 Å². The molecule has 0 aliphatic carbocycles. The zero-order valence-electron chi connectivity index (χ0n) is 5.44. The lowest BCUT2D eigenvalue weighted by molar-refractivity contribution is 0.236. The molecule has 6 N–H and O–H groups in total. The summed E-state index contributed by atoms with van der Waals surface area (Å²) in [5.41, 5.74) is 0. The maximum atomic E-state index is 10.2. The van der Waals surface area contributed by atoms with Crippen molar-refractivity contribution in [2.45, 2.75) is 6.42 Å². The predicted molar refractivity (Wildman–Crippen MR) is 40.5 cm³/mol. The summed E-state index contributed by atoms with van der Waals surface area (Å²) in [6, 6.07) is -0.0359. The van der Waals surface area contributed by atoms with Crippen molar-refractivity contribution in [2.24, 2.45) is 0 Å². The smallest absolute Gasteiger partial charge is 0.314 e. The number of hydrogen-bond acceptors (Lipinski definition) is 1. The molecule has 0 spiro atoms. The van der Waals surface area contributed by atoms with Gasteiger partial charge in [-0.25, -0.2) is 4.79 Å². The Morgan fingerprint density at radius 2 is 1.50 bits per heavy atom. The minimum Gasteiger partial charge on any atom is -0.412 e. The Bertz CT molecular complexity index is 82.6. The van der Waals surface area contributed by atoms with Gasteiger partial charge in [0.25, 0.3) is 0 Å². The molecule has 0 unspecified atom stereocenters. The molecule has 5 nitrogen and oxygen atoms in total. The van der Waals surface area contributed by atoms with E-state index < -0.39 is 0 Å². The van der Waals surface area contributed by atoms with Crippen LogP contribution in [0, 0.1) is 0 Å². The second-order valence-electron chi connectivity index (χ2n) is 1.54. The lowest BCUT2D eigenvalue weighted by Gasteiger charge is -2.11. The van der Waals surface area contributed by atoms with Gasteiger partial charge in [-0.3, -0.25) is 0 Å². The van der Waals surface area contributed by atoms with Gasteiger partial charge in [0.1, 0.15) is 0 Å². The van der Waals surface area contributed by atoms with Crippen LogP contribution in [0.15, 0.2) is 0 Å². The Hall–Kier alpha value is -0.520. The summed E-state index contributed by atoms with van der Waals surface area (Å²) >= 11 is 0. The van der Waals surface area contributed by atoms with Crippen molar-refractivity contribution in [3.05, 3.63) is 0 Å². The van der Waals surface area contributed by atoms with Crippen molar-refractivity contribution in [3.8, 4) is 0 Å². The molecule has 1 aliphatic rings. The fraction of sp³-hybridized carbons (Fsp3) is 0.750. The van der Waals surface area contributed by atoms with E-state index in [9.17, 15) is 4.79 Å². The Kier molecular flexibility index (Phi) is 13.8. The molecule has 0 radical (unpaired) electrons. The van der Waals surface area contributed by atoms with E-state index in [1.54, 1.807) is 0 Å². The summed E-state index contributed by atoms with van der Waals surface area (Å²) in [7, 11) is 0. The van der Waals surface area contributed by atoms with Crippen LogP contribution in [-0.2, 0) is 0 Å². The van der Waals surface area contributed by atoms with Crippen molar-refractivity contribution in [1.29, 1.82) is 0 Å². The van der Waals surface area contributed by atoms with Gasteiger partial charge in [-0.05, 0) is 6.42 Å². The van der Waals surface area contributed by atoms with Crippen LogP contribution in [0.1, 0.15) is 6.42 Å². The normalized spacial score (nSPS) is 14.2. The van der Waals surface area contributed by atoms with Crippen LogP contribution >= 0.6 is 12.4 Å². The summed E-state index contributed by atoms with van der Waals surface area (Å²) in [6.45, 7) is 1.65. The number of halogens is 1. The molecule has 0 aromatic rings. The fourth-order valence-electron chi connectivity index (χ4n) is 0.555. The van der Waals surface area contributed by atoms with E-state index in [1.165, 1.54) is 0 Å². The SMILES string of the molecule is Cl.O.O.O=C1NCCCN1. The number of rotatable bonds is 0. The molecule has 1 aliphatic heterocycles. The molecule has 64 valence electrons. The van der Waals surface area contributed by atoms with Crippen molar-refractivity contribution in [3.63, 3.8) is 0 Å². The molecule has 1 rings (SSSR count). The van der Waals surface area contributed by atoms with Crippen LogP contribution in [0.5, 0.6) is 0 Å². The Morgan fingerprint density at radius 1 is 1.10 bits per heavy atom. The first kappa shape index (κ1) is 16.2. The highest BCUT2D eigenvalue weighted by Crippen LogP contribution is 1.79. The molecule has 1 fully saturated rings. The minimum atomic E-state index is -0.0359. The van der Waals surface area contributed by atoms with E-state index in [0.717, 1.165) is 19.5 Å². The molecule has 0 saturated carbocycles. The topological polar surface area (TPSA) is 104 Å². The van der Waals surface area contributed by atoms with Gasteiger partial charge < -0.3 is 21.6 Å². The molecule has 0 atom stereocenters. The number of urea groups is 1. The molecule has 1 heterocycles. The van der Waals surface area contributed by atoms with Crippen molar-refractivity contribution >= 4 is 18.4 Å². The van der Waals surface area contributed by atoms with Gasteiger partial charge >= 0.3 is 6.03 Å². The number of carbonyl (C=O) groups is 1. The van der Waals surface area contributed by atoms with Gasteiger partial charge in [0.15, 0.2) is 0 Å². The third-order valence-corrected chi connectivity index (χ3v) is 0.925. The van der Waals surface area contributed by atoms with Gasteiger partial charge in [0.05, 0.1) is 0 Å². The van der Waals surface area contributed by atoms with Gasteiger partial charge in [-0.1, -0.05) is 0 Å². The first-order valence-electron chi connectivity index (χ1n) is 2.41. The second kappa shape index (κ2) is 8.48. The average molecular weight is 173 g/mol. The summed E-state index contributed by atoms with van der Waals surface area (Å²) in [6.07, 6.45) is 1.05. The number of nitrogens with one attached hydrogen (secondary N) is 2. The van der Waals surface area contributed by atoms with E-state index >= 15 is 0 Å². The zero-order chi connectivity index (χ0) is 5.11. The highest BCUT2D eigenvalue weighted by atomic mass is 35.5. The molecule has 0 bridgehead atoms.